The van der Waals surface area contributed by atoms with Crippen LogP contribution in [0, 0.1) is 11.6 Å². The summed E-state index contributed by atoms with van der Waals surface area (Å²) in [5.74, 6) is -5.07. The second kappa shape index (κ2) is 12.7. The van der Waals surface area contributed by atoms with Crippen LogP contribution in [0.1, 0.15) is 30.0 Å². The Balaban J connectivity index is 0.000000532. The SMILES string of the molecule is CCc1cccc(CN2CCC2)c1CNc1cc(F)c(S(=O)(=O)Nc2cscn2)c(F)c1.O=C(O)C(F)(F)F. The first-order valence-electron chi connectivity index (χ1n) is 11.6. The van der Waals surface area contributed by atoms with E-state index in [4.69, 9.17) is 9.90 Å². The molecule has 0 aliphatic carbocycles. The summed E-state index contributed by atoms with van der Waals surface area (Å²) in [4.78, 5) is 14.0. The standard InChI is InChI=1S/C22H24F2N4O2S2.C2HF3O2/c1-2-15-5-3-6-16(12-28-7-4-8-28)18(15)11-25-17-9-19(23)22(20(24)10-17)32(29,30)27-21-13-31-14-26-21;3-2(4,5)1(6)7/h3,5-6,9-10,13-14,25,27H,2,4,7-8,11-12H2,1H3;(H,6,7). The highest BCUT2D eigenvalue weighted by molar-refractivity contribution is 7.92. The second-order valence-corrected chi connectivity index (χ2v) is 10.8. The number of carboxylic acid groups (broad SMARTS) is 1. The Labute approximate surface area is 225 Å². The minimum absolute atomic E-state index is 0.0157. The molecule has 0 bridgehead atoms. The number of aromatic nitrogens is 1. The van der Waals surface area contributed by atoms with Crippen LogP contribution in [0.2, 0.25) is 0 Å². The van der Waals surface area contributed by atoms with Crippen LogP contribution in [0.4, 0.5) is 33.5 Å². The molecule has 2 aromatic carbocycles. The predicted molar refractivity (Wildman–Crippen MR) is 136 cm³/mol. The Kier molecular flexibility index (Phi) is 9.85. The molecule has 1 fully saturated rings. The highest BCUT2D eigenvalue weighted by atomic mass is 32.2. The van der Waals surface area contributed by atoms with Gasteiger partial charge in [0.05, 0.1) is 5.51 Å². The van der Waals surface area contributed by atoms with Crippen molar-refractivity contribution in [3.63, 3.8) is 0 Å². The molecular formula is C24H25F5N4O4S2. The van der Waals surface area contributed by atoms with E-state index in [2.05, 4.69) is 39.0 Å². The van der Waals surface area contributed by atoms with Gasteiger partial charge in [-0.05, 0) is 54.8 Å². The minimum atomic E-state index is -5.08. The van der Waals surface area contributed by atoms with E-state index in [9.17, 15) is 30.4 Å². The fraction of sp³-hybridized carbons (Fsp3) is 0.333. The van der Waals surface area contributed by atoms with Crippen LogP contribution < -0.4 is 10.0 Å². The molecule has 0 saturated carbocycles. The van der Waals surface area contributed by atoms with Crippen LogP contribution in [0.5, 0.6) is 0 Å². The number of hydrogen-bond acceptors (Lipinski definition) is 7. The number of nitrogens with one attached hydrogen (secondary N) is 2. The third-order valence-electron chi connectivity index (χ3n) is 5.74. The van der Waals surface area contributed by atoms with Gasteiger partial charge in [-0.25, -0.2) is 27.0 Å². The van der Waals surface area contributed by atoms with Crippen molar-refractivity contribution in [2.75, 3.05) is 23.1 Å². The van der Waals surface area contributed by atoms with Gasteiger partial charge in [0.25, 0.3) is 10.0 Å². The number of alkyl halides is 3. The maximum Gasteiger partial charge on any atom is 0.490 e. The molecule has 0 amide bonds. The van der Waals surface area contributed by atoms with Crippen molar-refractivity contribution >= 4 is 38.8 Å². The van der Waals surface area contributed by atoms with Crippen LogP contribution in [0.15, 0.2) is 46.1 Å². The molecule has 4 rings (SSSR count). The average Bonchev–Trinajstić information content (AvgIpc) is 3.31. The highest BCUT2D eigenvalue weighted by Gasteiger charge is 2.38. The third-order valence-corrected chi connectivity index (χ3v) is 7.74. The molecular weight excluding hydrogens is 567 g/mol. The van der Waals surface area contributed by atoms with Crippen molar-refractivity contribution < 1.29 is 40.3 Å². The smallest absolute Gasteiger partial charge is 0.475 e. The number of halogens is 5. The van der Waals surface area contributed by atoms with E-state index in [0.717, 1.165) is 55.1 Å². The number of sulfonamides is 1. The summed E-state index contributed by atoms with van der Waals surface area (Å²) in [7, 11) is -4.44. The second-order valence-electron chi connectivity index (χ2n) is 8.44. The molecule has 0 atom stereocenters. The number of hydrogen-bond donors (Lipinski definition) is 3. The zero-order valence-corrected chi connectivity index (χ0v) is 22.2. The third kappa shape index (κ3) is 8.10. The first kappa shape index (κ1) is 30.2. The van der Waals surface area contributed by atoms with Gasteiger partial charge in [-0.2, -0.15) is 13.2 Å². The molecule has 39 heavy (non-hydrogen) atoms. The van der Waals surface area contributed by atoms with E-state index in [1.165, 1.54) is 28.4 Å². The molecule has 1 saturated heterocycles. The van der Waals surface area contributed by atoms with Gasteiger partial charge in [-0.15, -0.1) is 11.3 Å². The van der Waals surface area contributed by atoms with Crippen LogP contribution in [-0.4, -0.2) is 48.6 Å². The van der Waals surface area contributed by atoms with Crippen LogP contribution >= 0.6 is 11.3 Å². The van der Waals surface area contributed by atoms with E-state index in [-0.39, 0.29) is 11.5 Å². The lowest BCUT2D eigenvalue weighted by atomic mass is 9.97. The molecule has 0 radical (unpaired) electrons. The molecule has 3 N–H and O–H groups in total. The molecule has 3 aromatic rings. The van der Waals surface area contributed by atoms with Crippen LogP contribution in [-0.2, 0) is 34.3 Å². The molecule has 0 spiro atoms. The van der Waals surface area contributed by atoms with E-state index in [0.29, 0.717) is 6.54 Å². The highest BCUT2D eigenvalue weighted by Crippen LogP contribution is 2.27. The van der Waals surface area contributed by atoms with Crippen LogP contribution in [0.25, 0.3) is 0 Å². The summed E-state index contributed by atoms with van der Waals surface area (Å²) in [6, 6.07) is 8.17. The van der Waals surface area contributed by atoms with Gasteiger partial charge in [0.2, 0.25) is 0 Å². The zero-order valence-electron chi connectivity index (χ0n) is 20.6. The summed E-state index contributed by atoms with van der Waals surface area (Å²) in [5.41, 5.74) is 5.05. The van der Waals surface area contributed by atoms with E-state index >= 15 is 0 Å². The Bertz CT molecular complexity index is 1370. The van der Waals surface area contributed by atoms with Gasteiger partial charge < -0.3 is 10.4 Å². The van der Waals surface area contributed by atoms with E-state index in [1.54, 1.807) is 0 Å². The topological polar surface area (TPSA) is 112 Å². The molecule has 1 aliphatic rings. The maximum atomic E-state index is 14.7. The Morgan fingerprint density at radius 1 is 1.15 bits per heavy atom. The van der Waals surface area contributed by atoms with Crippen molar-refractivity contribution in [2.24, 2.45) is 0 Å². The Hall–Kier alpha value is -3.30. The quantitative estimate of drug-likeness (QED) is 0.292. The van der Waals surface area contributed by atoms with Crippen LogP contribution in [0.3, 0.4) is 0 Å². The lowest BCUT2D eigenvalue weighted by Gasteiger charge is -2.31. The fourth-order valence-electron chi connectivity index (χ4n) is 3.74. The predicted octanol–water partition coefficient (Wildman–Crippen LogP) is 5.24. The zero-order chi connectivity index (χ0) is 28.8. The number of aliphatic carboxylic acids is 1. The van der Waals surface area contributed by atoms with E-state index in [1.807, 2.05) is 6.07 Å². The minimum Gasteiger partial charge on any atom is -0.475 e. The number of carboxylic acids is 1. The molecule has 2 heterocycles. The number of nitrogens with zero attached hydrogens (tertiary/aromatic N) is 2. The molecule has 0 unspecified atom stereocenters. The molecule has 1 aromatic heterocycles. The average molecular weight is 593 g/mol. The number of likely N-dealkylation sites (tertiary alicyclic amines) is 1. The number of aryl methyl sites for hydroxylation is 1. The summed E-state index contributed by atoms with van der Waals surface area (Å²) in [6.45, 7) is 5.44. The molecule has 1 aliphatic heterocycles. The largest absolute Gasteiger partial charge is 0.490 e. The first-order chi connectivity index (χ1) is 18.3. The van der Waals surface area contributed by atoms with Gasteiger partial charge >= 0.3 is 12.1 Å². The Morgan fingerprint density at radius 3 is 2.26 bits per heavy atom. The molecule has 212 valence electrons. The monoisotopic (exact) mass is 592 g/mol. The number of thiazole rings is 1. The summed E-state index contributed by atoms with van der Waals surface area (Å²) in [6.07, 6.45) is -3.04. The molecule has 8 nitrogen and oxygen atoms in total. The number of benzene rings is 2. The summed E-state index contributed by atoms with van der Waals surface area (Å²) >= 11 is 1.16. The van der Waals surface area contributed by atoms with Crippen molar-refractivity contribution in [2.45, 2.75) is 43.9 Å². The van der Waals surface area contributed by atoms with E-state index < -0.39 is 38.7 Å². The normalized spacial score (nSPS) is 13.7. The van der Waals surface area contributed by atoms with Crippen molar-refractivity contribution in [1.29, 1.82) is 0 Å². The first-order valence-corrected chi connectivity index (χ1v) is 14.0. The summed E-state index contributed by atoms with van der Waals surface area (Å²) < 4.78 is 88.1. The van der Waals surface area contributed by atoms with Gasteiger partial charge in [-0.1, -0.05) is 25.1 Å². The van der Waals surface area contributed by atoms with Crippen molar-refractivity contribution in [3.8, 4) is 0 Å². The van der Waals surface area contributed by atoms with Gasteiger partial charge in [0.1, 0.15) is 11.6 Å². The lowest BCUT2D eigenvalue weighted by molar-refractivity contribution is -0.192. The van der Waals surface area contributed by atoms with Crippen molar-refractivity contribution in [3.05, 3.63) is 69.5 Å². The summed E-state index contributed by atoms with van der Waals surface area (Å²) in [5, 5.41) is 11.6. The van der Waals surface area contributed by atoms with Gasteiger partial charge in [-0.3, -0.25) is 9.62 Å². The number of carbonyl (C=O) groups is 1. The Morgan fingerprint density at radius 2 is 1.77 bits per heavy atom. The molecule has 15 heteroatoms. The fourth-order valence-corrected chi connectivity index (χ4v) is 5.41. The van der Waals surface area contributed by atoms with Gasteiger partial charge in [0, 0.05) is 24.2 Å². The maximum absolute atomic E-state index is 14.7. The van der Waals surface area contributed by atoms with Gasteiger partial charge in [0.15, 0.2) is 10.7 Å². The number of rotatable bonds is 9. The lowest BCUT2D eigenvalue weighted by Crippen LogP contribution is -2.36. The van der Waals surface area contributed by atoms with Crippen molar-refractivity contribution in [1.82, 2.24) is 9.88 Å². The number of anilines is 2.